The van der Waals surface area contributed by atoms with Gasteiger partial charge in [-0.05, 0) is 17.7 Å². The lowest BCUT2D eigenvalue weighted by atomic mass is 10.0. The number of benzene rings is 1. The van der Waals surface area contributed by atoms with Crippen LogP contribution in [0, 0.1) is 0 Å². The van der Waals surface area contributed by atoms with Crippen molar-refractivity contribution in [1.29, 1.82) is 0 Å². The number of ketones is 1. The number of hydrogen-bond donors (Lipinski definition) is 1. The molecule has 2 aromatic rings. The van der Waals surface area contributed by atoms with Crippen molar-refractivity contribution in [2.45, 2.75) is 12.5 Å². The fraction of sp³-hybridized carbons (Fsp3) is 0.154. The summed E-state index contributed by atoms with van der Waals surface area (Å²) >= 11 is 0. The van der Waals surface area contributed by atoms with Gasteiger partial charge in [0.25, 0.3) is 0 Å². The van der Waals surface area contributed by atoms with Crippen molar-refractivity contribution in [3.63, 3.8) is 0 Å². The molecule has 1 atom stereocenters. The van der Waals surface area contributed by atoms with Crippen molar-refractivity contribution in [1.82, 2.24) is 4.98 Å². The van der Waals surface area contributed by atoms with E-state index in [1.54, 1.807) is 18.5 Å². The highest BCUT2D eigenvalue weighted by Crippen LogP contribution is 2.29. The van der Waals surface area contributed by atoms with Gasteiger partial charge in [0.1, 0.15) is 5.75 Å². The molecule has 0 saturated carbocycles. The molecule has 1 unspecified atom stereocenters. The molecule has 0 bridgehead atoms. The summed E-state index contributed by atoms with van der Waals surface area (Å²) in [5, 5.41) is 0. The standard InChI is InChI=1S/C13H11NO2/c15-13(10-5-6-14-8-10)12-7-9-3-1-2-4-11(9)16-12/h1-6,8,12,14H,7H2. The van der Waals surface area contributed by atoms with Crippen LogP contribution < -0.4 is 4.74 Å². The van der Waals surface area contributed by atoms with Crippen LogP contribution in [0.25, 0.3) is 0 Å². The van der Waals surface area contributed by atoms with Crippen molar-refractivity contribution < 1.29 is 9.53 Å². The Morgan fingerprint density at radius 3 is 2.94 bits per heavy atom. The molecule has 0 aliphatic carbocycles. The number of aromatic nitrogens is 1. The number of Topliss-reactive ketones (excluding diaryl/α,β-unsaturated/α-hetero) is 1. The Morgan fingerprint density at radius 2 is 2.19 bits per heavy atom. The number of para-hydroxylation sites is 1. The summed E-state index contributed by atoms with van der Waals surface area (Å²) in [7, 11) is 0. The first-order valence-electron chi connectivity index (χ1n) is 5.26. The predicted octanol–water partition coefficient (Wildman–Crippen LogP) is 2.20. The largest absolute Gasteiger partial charge is 0.482 e. The molecular formula is C13H11NO2. The summed E-state index contributed by atoms with van der Waals surface area (Å²) in [5.74, 6) is 0.869. The molecule has 0 fully saturated rings. The van der Waals surface area contributed by atoms with Crippen LogP contribution in [0.15, 0.2) is 42.7 Å². The number of carbonyl (C=O) groups is 1. The number of ether oxygens (including phenoxy) is 1. The third kappa shape index (κ3) is 1.41. The Hall–Kier alpha value is -2.03. The van der Waals surface area contributed by atoms with Crippen LogP contribution in [0.3, 0.4) is 0 Å². The van der Waals surface area contributed by atoms with Crippen LogP contribution in [-0.2, 0) is 6.42 Å². The van der Waals surface area contributed by atoms with Crippen LogP contribution in [0.5, 0.6) is 5.75 Å². The van der Waals surface area contributed by atoms with E-state index in [0.717, 1.165) is 11.3 Å². The maximum atomic E-state index is 12.0. The normalized spacial score (nSPS) is 17.9. The fourth-order valence-electron chi connectivity index (χ4n) is 1.99. The van der Waals surface area contributed by atoms with Gasteiger partial charge in [-0.2, -0.15) is 0 Å². The van der Waals surface area contributed by atoms with Crippen molar-refractivity contribution in [3.8, 4) is 5.75 Å². The van der Waals surface area contributed by atoms with E-state index in [-0.39, 0.29) is 11.9 Å². The van der Waals surface area contributed by atoms with E-state index in [0.29, 0.717) is 12.0 Å². The lowest BCUT2D eigenvalue weighted by Gasteiger charge is -2.07. The third-order valence-electron chi connectivity index (χ3n) is 2.82. The number of fused-ring (bicyclic) bond motifs is 1. The lowest BCUT2D eigenvalue weighted by molar-refractivity contribution is 0.0825. The average Bonchev–Trinajstić information content (AvgIpc) is 2.97. The first kappa shape index (κ1) is 9.21. The molecule has 0 saturated heterocycles. The Labute approximate surface area is 93.1 Å². The number of rotatable bonds is 2. The third-order valence-corrected chi connectivity index (χ3v) is 2.82. The highest BCUT2D eigenvalue weighted by molar-refractivity contribution is 6.00. The molecule has 80 valence electrons. The zero-order valence-corrected chi connectivity index (χ0v) is 8.64. The molecule has 0 spiro atoms. The van der Waals surface area contributed by atoms with Crippen molar-refractivity contribution in [2.75, 3.05) is 0 Å². The van der Waals surface area contributed by atoms with Gasteiger partial charge in [0, 0.05) is 24.4 Å². The number of nitrogens with one attached hydrogen (secondary N) is 1. The summed E-state index contributed by atoms with van der Waals surface area (Å²) in [5.41, 5.74) is 1.79. The summed E-state index contributed by atoms with van der Waals surface area (Å²) in [6.45, 7) is 0. The molecular weight excluding hydrogens is 202 g/mol. The Morgan fingerprint density at radius 1 is 1.31 bits per heavy atom. The minimum absolute atomic E-state index is 0.0393. The summed E-state index contributed by atoms with van der Waals surface area (Å²) in [6.07, 6.45) is 3.75. The van der Waals surface area contributed by atoms with Gasteiger partial charge in [0.2, 0.25) is 5.78 Å². The molecule has 1 aromatic heterocycles. The zero-order valence-electron chi connectivity index (χ0n) is 8.64. The summed E-state index contributed by atoms with van der Waals surface area (Å²) < 4.78 is 5.63. The molecule has 2 heterocycles. The maximum Gasteiger partial charge on any atom is 0.205 e. The van der Waals surface area contributed by atoms with Crippen LogP contribution in [0.2, 0.25) is 0 Å². The molecule has 16 heavy (non-hydrogen) atoms. The van der Waals surface area contributed by atoms with E-state index in [9.17, 15) is 4.79 Å². The molecule has 3 rings (SSSR count). The first-order chi connectivity index (χ1) is 7.84. The van der Waals surface area contributed by atoms with E-state index >= 15 is 0 Å². The van der Waals surface area contributed by atoms with Gasteiger partial charge in [-0.25, -0.2) is 0 Å². The average molecular weight is 213 g/mol. The minimum atomic E-state index is -0.367. The van der Waals surface area contributed by atoms with Crippen molar-refractivity contribution >= 4 is 5.78 Å². The Bertz CT molecular complexity index is 491. The second-order valence-electron chi connectivity index (χ2n) is 3.88. The number of aromatic amines is 1. The Kier molecular flexibility index (Phi) is 2.03. The molecule has 3 heteroatoms. The van der Waals surface area contributed by atoms with Gasteiger partial charge in [-0.15, -0.1) is 0 Å². The Balaban J connectivity index is 1.84. The van der Waals surface area contributed by atoms with Crippen LogP contribution >= 0.6 is 0 Å². The van der Waals surface area contributed by atoms with E-state index in [1.165, 1.54) is 0 Å². The van der Waals surface area contributed by atoms with Crippen LogP contribution in [-0.4, -0.2) is 16.9 Å². The van der Waals surface area contributed by atoms with Crippen molar-refractivity contribution in [2.24, 2.45) is 0 Å². The smallest absolute Gasteiger partial charge is 0.205 e. The van der Waals surface area contributed by atoms with Crippen LogP contribution in [0.1, 0.15) is 15.9 Å². The fourth-order valence-corrected chi connectivity index (χ4v) is 1.99. The van der Waals surface area contributed by atoms with Gasteiger partial charge in [0.15, 0.2) is 6.10 Å². The zero-order chi connectivity index (χ0) is 11.0. The van der Waals surface area contributed by atoms with E-state index in [1.807, 2.05) is 24.3 Å². The van der Waals surface area contributed by atoms with Gasteiger partial charge in [0.05, 0.1) is 0 Å². The van der Waals surface area contributed by atoms with E-state index in [4.69, 9.17) is 4.74 Å². The van der Waals surface area contributed by atoms with Gasteiger partial charge in [-0.1, -0.05) is 18.2 Å². The van der Waals surface area contributed by atoms with Gasteiger partial charge in [-0.3, -0.25) is 4.79 Å². The lowest BCUT2D eigenvalue weighted by Crippen LogP contribution is -2.24. The molecule has 3 nitrogen and oxygen atoms in total. The monoisotopic (exact) mass is 213 g/mol. The van der Waals surface area contributed by atoms with Gasteiger partial charge >= 0.3 is 0 Å². The number of carbonyl (C=O) groups excluding carboxylic acids is 1. The minimum Gasteiger partial charge on any atom is -0.482 e. The highest BCUT2D eigenvalue weighted by Gasteiger charge is 2.29. The molecule has 1 aromatic carbocycles. The quantitative estimate of drug-likeness (QED) is 0.777. The predicted molar refractivity (Wildman–Crippen MR) is 59.7 cm³/mol. The van der Waals surface area contributed by atoms with E-state index < -0.39 is 0 Å². The van der Waals surface area contributed by atoms with Crippen molar-refractivity contribution in [3.05, 3.63) is 53.9 Å². The molecule has 1 aliphatic rings. The van der Waals surface area contributed by atoms with Crippen LogP contribution in [0.4, 0.5) is 0 Å². The SMILES string of the molecule is O=C(c1cc[nH]c1)C1Cc2ccccc2O1. The highest BCUT2D eigenvalue weighted by atomic mass is 16.5. The topological polar surface area (TPSA) is 42.1 Å². The second-order valence-corrected chi connectivity index (χ2v) is 3.88. The summed E-state index contributed by atoms with van der Waals surface area (Å²) in [6, 6.07) is 9.56. The molecule has 1 N–H and O–H groups in total. The first-order valence-corrected chi connectivity index (χ1v) is 5.26. The number of hydrogen-bond acceptors (Lipinski definition) is 2. The second kappa shape index (κ2) is 3.52. The molecule has 0 amide bonds. The van der Waals surface area contributed by atoms with E-state index in [2.05, 4.69) is 4.98 Å². The van der Waals surface area contributed by atoms with Gasteiger partial charge < -0.3 is 9.72 Å². The number of H-pyrrole nitrogens is 1. The molecule has 1 aliphatic heterocycles. The maximum absolute atomic E-state index is 12.0. The summed E-state index contributed by atoms with van der Waals surface area (Å²) in [4.78, 5) is 14.9. The molecule has 0 radical (unpaired) electrons.